The summed E-state index contributed by atoms with van der Waals surface area (Å²) in [5.41, 5.74) is 4.22. The van der Waals surface area contributed by atoms with Crippen molar-refractivity contribution in [2.24, 2.45) is 5.10 Å². The van der Waals surface area contributed by atoms with Crippen molar-refractivity contribution >= 4 is 23.7 Å². The number of nitrogens with one attached hydrogen (secondary N) is 2. The minimum atomic E-state index is -0.397. The molecular weight excluding hydrogens is 462 g/mol. The van der Waals surface area contributed by atoms with Crippen LogP contribution in [0.4, 0.5) is 5.69 Å². The van der Waals surface area contributed by atoms with Gasteiger partial charge in [0.05, 0.1) is 26.5 Å². The Morgan fingerprint density at radius 3 is 2.25 bits per heavy atom. The normalized spacial score (nSPS) is 10.5. The summed E-state index contributed by atoms with van der Waals surface area (Å²) in [6.07, 6.45) is 1.48. The monoisotopic (exact) mass is 491 g/mol. The molecule has 3 rings (SSSR count). The molecule has 0 fully saturated rings. The number of carbonyl (C=O) groups excluding carboxylic acids is 2. The largest absolute Gasteiger partial charge is 0.493 e. The molecule has 0 atom stereocenters. The molecular formula is C27H29N3O6. The summed E-state index contributed by atoms with van der Waals surface area (Å²) >= 11 is 0. The van der Waals surface area contributed by atoms with Crippen LogP contribution in [0.15, 0.2) is 71.8 Å². The van der Waals surface area contributed by atoms with Gasteiger partial charge >= 0.3 is 0 Å². The van der Waals surface area contributed by atoms with Crippen LogP contribution in [0.25, 0.3) is 0 Å². The molecule has 0 aliphatic rings. The molecule has 0 saturated carbocycles. The van der Waals surface area contributed by atoms with Gasteiger partial charge in [0.2, 0.25) is 0 Å². The van der Waals surface area contributed by atoms with Crippen LogP contribution in [0.1, 0.15) is 29.8 Å². The van der Waals surface area contributed by atoms with Crippen molar-refractivity contribution in [2.75, 3.05) is 32.2 Å². The van der Waals surface area contributed by atoms with E-state index in [4.69, 9.17) is 18.9 Å². The Morgan fingerprint density at radius 1 is 0.833 bits per heavy atom. The van der Waals surface area contributed by atoms with Crippen molar-refractivity contribution in [3.8, 4) is 23.0 Å². The Morgan fingerprint density at radius 2 is 1.53 bits per heavy atom. The highest BCUT2D eigenvalue weighted by Gasteiger charge is 2.12. The number of rotatable bonds is 12. The number of hydrogen-bond donors (Lipinski definition) is 2. The second-order valence-electron chi connectivity index (χ2n) is 7.34. The Labute approximate surface area is 210 Å². The van der Waals surface area contributed by atoms with Gasteiger partial charge in [-0.25, -0.2) is 5.43 Å². The minimum Gasteiger partial charge on any atom is -0.493 e. The maximum atomic E-state index is 12.5. The first-order valence-electron chi connectivity index (χ1n) is 11.4. The molecule has 3 aromatic carbocycles. The first-order chi connectivity index (χ1) is 17.5. The molecule has 0 aromatic heterocycles. The number of para-hydroxylation sites is 1. The van der Waals surface area contributed by atoms with Crippen LogP contribution in [-0.2, 0) is 4.79 Å². The molecule has 188 valence electrons. The molecule has 2 N–H and O–H groups in total. The average Bonchev–Trinajstić information content (AvgIpc) is 2.89. The highest BCUT2D eigenvalue weighted by molar-refractivity contribution is 5.95. The fourth-order valence-corrected chi connectivity index (χ4v) is 3.17. The van der Waals surface area contributed by atoms with Crippen LogP contribution in [-0.4, -0.2) is 45.0 Å². The highest BCUT2D eigenvalue weighted by atomic mass is 16.5. The zero-order valence-corrected chi connectivity index (χ0v) is 20.4. The molecule has 0 bridgehead atoms. The van der Waals surface area contributed by atoms with Gasteiger partial charge in [-0.1, -0.05) is 18.2 Å². The van der Waals surface area contributed by atoms with Gasteiger partial charge < -0.3 is 24.3 Å². The lowest BCUT2D eigenvalue weighted by atomic mass is 10.2. The molecule has 2 amide bonds. The number of amides is 2. The molecule has 0 aliphatic heterocycles. The zero-order chi connectivity index (χ0) is 25.8. The molecule has 0 radical (unpaired) electrons. The molecule has 0 unspecified atom stereocenters. The zero-order valence-electron chi connectivity index (χ0n) is 20.4. The van der Waals surface area contributed by atoms with Crippen LogP contribution in [0.5, 0.6) is 23.0 Å². The van der Waals surface area contributed by atoms with E-state index in [-0.39, 0.29) is 12.5 Å². The van der Waals surface area contributed by atoms with E-state index in [1.807, 2.05) is 32.0 Å². The lowest BCUT2D eigenvalue weighted by Crippen LogP contribution is -2.20. The number of nitrogens with zero attached hydrogens (tertiary/aromatic N) is 1. The van der Waals surface area contributed by atoms with Crippen LogP contribution >= 0.6 is 0 Å². The standard InChI is InChI=1S/C27H29N3O6/c1-4-34-23-14-12-20(16-25(23)35-5-2)27(32)30-28-17-19-11-13-22(24(15-19)33-3)36-18-26(31)29-21-9-7-6-8-10-21/h6-17H,4-5,18H2,1-3H3,(H,29,31)(H,30,32)/b28-17+. The third-order valence-electron chi connectivity index (χ3n) is 4.79. The topological polar surface area (TPSA) is 107 Å². The second kappa shape index (κ2) is 13.4. The Bertz CT molecular complexity index is 1200. The molecule has 0 spiro atoms. The van der Waals surface area contributed by atoms with Gasteiger partial charge in [0, 0.05) is 11.3 Å². The molecule has 3 aromatic rings. The van der Waals surface area contributed by atoms with E-state index >= 15 is 0 Å². The van der Waals surface area contributed by atoms with Crippen molar-refractivity contribution in [2.45, 2.75) is 13.8 Å². The van der Waals surface area contributed by atoms with E-state index in [1.54, 1.807) is 48.5 Å². The number of hydrogen-bond acceptors (Lipinski definition) is 7. The van der Waals surface area contributed by atoms with Gasteiger partial charge in [0.25, 0.3) is 11.8 Å². The molecule has 9 heteroatoms. The Balaban J connectivity index is 1.58. The van der Waals surface area contributed by atoms with Crippen molar-refractivity contribution in [3.05, 3.63) is 77.9 Å². The SMILES string of the molecule is CCOc1ccc(C(=O)N/N=C/c2ccc(OCC(=O)Nc3ccccc3)c(OC)c2)cc1OCC. The first-order valence-corrected chi connectivity index (χ1v) is 11.4. The van der Waals surface area contributed by atoms with Crippen molar-refractivity contribution in [1.29, 1.82) is 0 Å². The average molecular weight is 492 g/mol. The first kappa shape index (κ1) is 26.1. The third kappa shape index (κ3) is 7.49. The number of ether oxygens (including phenoxy) is 4. The number of hydrazone groups is 1. The van der Waals surface area contributed by atoms with Crippen LogP contribution in [0.3, 0.4) is 0 Å². The maximum absolute atomic E-state index is 12.5. The molecule has 0 aliphatic carbocycles. The summed E-state index contributed by atoms with van der Waals surface area (Å²) in [6, 6.07) is 19.1. The van der Waals surface area contributed by atoms with Gasteiger partial charge in [-0.15, -0.1) is 0 Å². The molecule has 0 saturated heterocycles. The number of carbonyl (C=O) groups is 2. The van der Waals surface area contributed by atoms with Crippen LogP contribution in [0.2, 0.25) is 0 Å². The number of anilines is 1. The quantitative estimate of drug-likeness (QED) is 0.289. The predicted octanol–water partition coefficient (Wildman–Crippen LogP) is 4.27. The lowest BCUT2D eigenvalue weighted by molar-refractivity contribution is -0.118. The van der Waals surface area contributed by atoms with Gasteiger partial charge in [0.15, 0.2) is 29.6 Å². The smallest absolute Gasteiger partial charge is 0.271 e. The van der Waals surface area contributed by atoms with E-state index in [0.29, 0.717) is 53.0 Å². The third-order valence-corrected chi connectivity index (χ3v) is 4.79. The van der Waals surface area contributed by atoms with E-state index < -0.39 is 5.91 Å². The predicted molar refractivity (Wildman–Crippen MR) is 137 cm³/mol. The van der Waals surface area contributed by atoms with Crippen LogP contribution in [0, 0.1) is 0 Å². The van der Waals surface area contributed by atoms with Crippen molar-refractivity contribution in [3.63, 3.8) is 0 Å². The van der Waals surface area contributed by atoms with Crippen molar-refractivity contribution in [1.82, 2.24) is 5.43 Å². The molecule has 0 heterocycles. The van der Waals surface area contributed by atoms with E-state index in [2.05, 4.69) is 15.8 Å². The maximum Gasteiger partial charge on any atom is 0.271 e. The summed E-state index contributed by atoms with van der Waals surface area (Å²) in [5.74, 6) is 1.20. The van der Waals surface area contributed by atoms with Crippen LogP contribution < -0.4 is 29.7 Å². The fraction of sp³-hybridized carbons (Fsp3) is 0.222. The summed E-state index contributed by atoms with van der Waals surface area (Å²) < 4.78 is 22.1. The highest BCUT2D eigenvalue weighted by Crippen LogP contribution is 2.29. The summed E-state index contributed by atoms with van der Waals surface area (Å²) in [5, 5.41) is 6.77. The fourth-order valence-electron chi connectivity index (χ4n) is 3.17. The molecule has 36 heavy (non-hydrogen) atoms. The molecule has 9 nitrogen and oxygen atoms in total. The van der Waals surface area contributed by atoms with Gasteiger partial charge in [-0.05, 0) is 67.9 Å². The Hall–Kier alpha value is -4.53. The van der Waals surface area contributed by atoms with Gasteiger partial charge in [-0.3, -0.25) is 9.59 Å². The second-order valence-corrected chi connectivity index (χ2v) is 7.34. The van der Waals surface area contributed by atoms with Gasteiger partial charge in [0.1, 0.15) is 0 Å². The number of methoxy groups -OCH3 is 1. The van der Waals surface area contributed by atoms with E-state index in [1.165, 1.54) is 13.3 Å². The Kier molecular flexibility index (Phi) is 9.69. The lowest BCUT2D eigenvalue weighted by Gasteiger charge is -2.12. The summed E-state index contributed by atoms with van der Waals surface area (Å²) in [7, 11) is 1.50. The van der Waals surface area contributed by atoms with Crippen molar-refractivity contribution < 1.29 is 28.5 Å². The van der Waals surface area contributed by atoms with E-state index in [0.717, 1.165) is 0 Å². The van der Waals surface area contributed by atoms with Gasteiger partial charge in [-0.2, -0.15) is 5.10 Å². The number of benzene rings is 3. The minimum absolute atomic E-state index is 0.180. The summed E-state index contributed by atoms with van der Waals surface area (Å²) in [4.78, 5) is 24.6. The van der Waals surface area contributed by atoms with E-state index in [9.17, 15) is 9.59 Å². The summed E-state index contributed by atoms with van der Waals surface area (Å²) in [6.45, 7) is 4.49.